The highest BCUT2D eigenvalue weighted by molar-refractivity contribution is 5.19. The van der Waals surface area contributed by atoms with Crippen molar-refractivity contribution in [2.24, 2.45) is 7.05 Å². The largest absolute Gasteiger partial charge is 0.313 e. The minimum atomic E-state index is 0.509. The lowest BCUT2D eigenvalue weighted by Gasteiger charge is -2.04. The summed E-state index contributed by atoms with van der Waals surface area (Å²) in [6.45, 7) is 8.41. The summed E-state index contributed by atoms with van der Waals surface area (Å²) in [5, 5.41) is 7.76. The van der Waals surface area contributed by atoms with Crippen molar-refractivity contribution >= 4 is 0 Å². The highest BCUT2D eigenvalue weighted by Crippen LogP contribution is 2.16. The average molecular weight is 181 g/mol. The first-order valence-electron chi connectivity index (χ1n) is 4.88. The van der Waals surface area contributed by atoms with Crippen LogP contribution in [0.25, 0.3) is 0 Å². The van der Waals surface area contributed by atoms with Gasteiger partial charge in [0.25, 0.3) is 0 Å². The van der Waals surface area contributed by atoms with E-state index in [2.05, 4.69) is 37.4 Å². The van der Waals surface area contributed by atoms with E-state index in [1.807, 2.05) is 11.7 Å². The van der Waals surface area contributed by atoms with Crippen molar-refractivity contribution in [3.63, 3.8) is 0 Å². The second-order valence-corrected chi connectivity index (χ2v) is 3.65. The van der Waals surface area contributed by atoms with Gasteiger partial charge in [-0.3, -0.25) is 4.68 Å². The van der Waals surface area contributed by atoms with Crippen molar-refractivity contribution in [3.8, 4) is 0 Å². The molecule has 0 aromatic carbocycles. The SMILES string of the molecule is CCNCc1cn(C)nc1C(C)C. The molecule has 1 aromatic rings. The van der Waals surface area contributed by atoms with Crippen LogP contribution in [0.5, 0.6) is 0 Å². The van der Waals surface area contributed by atoms with E-state index >= 15 is 0 Å². The first-order chi connectivity index (χ1) is 6.15. The van der Waals surface area contributed by atoms with Gasteiger partial charge < -0.3 is 5.32 Å². The van der Waals surface area contributed by atoms with E-state index in [1.165, 1.54) is 11.3 Å². The van der Waals surface area contributed by atoms with Gasteiger partial charge in [-0.05, 0) is 12.5 Å². The molecule has 0 atom stereocenters. The molecule has 1 rings (SSSR count). The summed E-state index contributed by atoms with van der Waals surface area (Å²) in [5.74, 6) is 0.509. The van der Waals surface area contributed by atoms with Crippen LogP contribution in [0.2, 0.25) is 0 Å². The number of rotatable bonds is 4. The summed E-state index contributed by atoms with van der Waals surface area (Å²) < 4.78 is 1.89. The zero-order valence-corrected chi connectivity index (χ0v) is 8.96. The average Bonchev–Trinajstić information content (AvgIpc) is 2.43. The fraction of sp³-hybridized carbons (Fsp3) is 0.700. The molecular formula is C10H19N3. The molecule has 0 bridgehead atoms. The van der Waals surface area contributed by atoms with E-state index in [-0.39, 0.29) is 0 Å². The maximum absolute atomic E-state index is 4.44. The molecule has 0 aliphatic heterocycles. The van der Waals surface area contributed by atoms with E-state index in [9.17, 15) is 0 Å². The van der Waals surface area contributed by atoms with Gasteiger partial charge in [-0.1, -0.05) is 20.8 Å². The third-order valence-electron chi connectivity index (χ3n) is 2.05. The third-order valence-corrected chi connectivity index (χ3v) is 2.05. The number of nitrogens with zero attached hydrogens (tertiary/aromatic N) is 2. The van der Waals surface area contributed by atoms with Gasteiger partial charge in [0.15, 0.2) is 0 Å². The van der Waals surface area contributed by atoms with Gasteiger partial charge in [0.2, 0.25) is 0 Å². The molecule has 1 N–H and O–H groups in total. The standard InChI is InChI=1S/C10H19N3/c1-5-11-6-9-7-13(4)12-10(9)8(2)3/h7-8,11H,5-6H2,1-4H3. The Morgan fingerprint density at radius 1 is 1.54 bits per heavy atom. The van der Waals surface area contributed by atoms with Crippen molar-refractivity contribution in [2.75, 3.05) is 6.54 Å². The lowest BCUT2D eigenvalue weighted by atomic mass is 10.1. The van der Waals surface area contributed by atoms with Gasteiger partial charge in [-0.2, -0.15) is 5.10 Å². The highest BCUT2D eigenvalue weighted by Gasteiger charge is 2.09. The molecule has 0 radical (unpaired) electrons. The summed E-state index contributed by atoms with van der Waals surface area (Å²) in [6.07, 6.45) is 2.10. The van der Waals surface area contributed by atoms with Gasteiger partial charge in [0.05, 0.1) is 5.69 Å². The van der Waals surface area contributed by atoms with Crippen LogP contribution in [0.4, 0.5) is 0 Å². The topological polar surface area (TPSA) is 29.9 Å². The molecule has 74 valence electrons. The lowest BCUT2D eigenvalue weighted by molar-refractivity contribution is 0.698. The molecule has 0 fully saturated rings. The van der Waals surface area contributed by atoms with Crippen LogP contribution < -0.4 is 5.32 Å². The molecule has 0 saturated heterocycles. The fourth-order valence-corrected chi connectivity index (χ4v) is 1.44. The van der Waals surface area contributed by atoms with Gasteiger partial charge in [0.1, 0.15) is 0 Å². The summed E-state index contributed by atoms with van der Waals surface area (Å²) >= 11 is 0. The monoisotopic (exact) mass is 181 g/mol. The Bertz CT molecular complexity index is 263. The number of hydrogen-bond acceptors (Lipinski definition) is 2. The van der Waals surface area contributed by atoms with Crippen LogP contribution in [0.3, 0.4) is 0 Å². The number of aromatic nitrogens is 2. The molecule has 0 aliphatic carbocycles. The number of nitrogens with one attached hydrogen (secondary N) is 1. The minimum absolute atomic E-state index is 0.509. The zero-order valence-electron chi connectivity index (χ0n) is 8.96. The van der Waals surface area contributed by atoms with E-state index in [0.717, 1.165) is 13.1 Å². The number of hydrogen-bond donors (Lipinski definition) is 1. The van der Waals surface area contributed by atoms with Gasteiger partial charge in [-0.25, -0.2) is 0 Å². The van der Waals surface area contributed by atoms with E-state index in [1.54, 1.807) is 0 Å². The van der Waals surface area contributed by atoms with Gasteiger partial charge >= 0.3 is 0 Å². The first-order valence-corrected chi connectivity index (χ1v) is 4.88. The van der Waals surface area contributed by atoms with E-state index < -0.39 is 0 Å². The highest BCUT2D eigenvalue weighted by atomic mass is 15.3. The molecular weight excluding hydrogens is 162 g/mol. The lowest BCUT2D eigenvalue weighted by Crippen LogP contribution is -2.12. The molecule has 0 aliphatic rings. The van der Waals surface area contributed by atoms with Crippen LogP contribution in [0, 0.1) is 0 Å². The maximum Gasteiger partial charge on any atom is 0.0694 e. The van der Waals surface area contributed by atoms with Crippen LogP contribution >= 0.6 is 0 Å². The molecule has 1 aromatic heterocycles. The summed E-state index contributed by atoms with van der Waals surface area (Å²) in [5.41, 5.74) is 2.53. The van der Waals surface area contributed by atoms with Crippen molar-refractivity contribution in [1.82, 2.24) is 15.1 Å². The molecule has 0 unspecified atom stereocenters. The molecule has 3 nitrogen and oxygen atoms in total. The smallest absolute Gasteiger partial charge is 0.0694 e. The Kier molecular flexibility index (Phi) is 3.48. The molecule has 13 heavy (non-hydrogen) atoms. The Hall–Kier alpha value is -0.830. The Balaban J connectivity index is 2.78. The second-order valence-electron chi connectivity index (χ2n) is 3.65. The Morgan fingerprint density at radius 3 is 2.77 bits per heavy atom. The van der Waals surface area contributed by atoms with Crippen molar-refractivity contribution in [2.45, 2.75) is 33.2 Å². The second kappa shape index (κ2) is 4.42. The van der Waals surface area contributed by atoms with Crippen molar-refractivity contribution in [1.29, 1.82) is 0 Å². The summed E-state index contributed by atoms with van der Waals surface area (Å²) in [6, 6.07) is 0. The first kappa shape index (κ1) is 10.3. The Morgan fingerprint density at radius 2 is 2.23 bits per heavy atom. The molecule has 3 heteroatoms. The molecule has 1 heterocycles. The molecule has 0 spiro atoms. The van der Waals surface area contributed by atoms with Gasteiger partial charge in [-0.15, -0.1) is 0 Å². The van der Waals surface area contributed by atoms with Gasteiger partial charge in [0, 0.05) is 25.4 Å². The van der Waals surface area contributed by atoms with Crippen LogP contribution in [0.15, 0.2) is 6.20 Å². The van der Waals surface area contributed by atoms with E-state index in [0.29, 0.717) is 5.92 Å². The van der Waals surface area contributed by atoms with Crippen molar-refractivity contribution < 1.29 is 0 Å². The van der Waals surface area contributed by atoms with Crippen LogP contribution in [0.1, 0.15) is 37.9 Å². The Labute approximate surface area is 80.1 Å². The fourth-order valence-electron chi connectivity index (χ4n) is 1.44. The predicted octanol–water partition coefficient (Wildman–Crippen LogP) is 1.65. The third kappa shape index (κ3) is 2.56. The maximum atomic E-state index is 4.44. The summed E-state index contributed by atoms with van der Waals surface area (Å²) in [4.78, 5) is 0. The quantitative estimate of drug-likeness (QED) is 0.765. The summed E-state index contributed by atoms with van der Waals surface area (Å²) in [7, 11) is 1.97. The zero-order chi connectivity index (χ0) is 9.84. The van der Waals surface area contributed by atoms with Crippen LogP contribution in [-0.4, -0.2) is 16.3 Å². The minimum Gasteiger partial charge on any atom is -0.313 e. The molecule has 0 saturated carbocycles. The van der Waals surface area contributed by atoms with E-state index in [4.69, 9.17) is 0 Å². The van der Waals surface area contributed by atoms with Crippen molar-refractivity contribution in [3.05, 3.63) is 17.5 Å². The predicted molar refractivity (Wildman–Crippen MR) is 54.7 cm³/mol. The molecule has 0 amide bonds. The normalized spacial score (nSPS) is 11.2. The van der Waals surface area contributed by atoms with Crippen LogP contribution in [-0.2, 0) is 13.6 Å². The number of aryl methyl sites for hydroxylation is 1.